The van der Waals surface area contributed by atoms with Crippen LogP contribution >= 0.6 is 11.6 Å². The van der Waals surface area contributed by atoms with Crippen LogP contribution in [0.15, 0.2) is 42.5 Å². The summed E-state index contributed by atoms with van der Waals surface area (Å²) in [6, 6.07) is 9.29. The lowest BCUT2D eigenvalue weighted by molar-refractivity contribution is -0.274. The zero-order chi connectivity index (χ0) is 22.6. The van der Waals surface area contributed by atoms with Gasteiger partial charge < -0.3 is 20.1 Å². The highest BCUT2D eigenvalue weighted by molar-refractivity contribution is 6.33. The summed E-state index contributed by atoms with van der Waals surface area (Å²) in [6.07, 6.45) is -2.88. The second-order valence-corrected chi connectivity index (χ2v) is 7.39. The van der Waals surface area contributed by atoms with Gasteiger partial charge in [0.25, 0.3) is 0 Å². The summed E-state index contributed by atoms with van der Waals surface area (Å²) < 4.78 is 42.1. The number of benzene rings is 2. The molecule has 0 radical (unpaired) electrons. The maximum absolute atomic E-state index is 12.7. The summed E-state index contributed by atoms with van der Waals surface area (Å²) in [5.41, 5.74) is 0.777. The van der Waals surface area contributed by atoms with Crippen LogP contribution in [0.3, 0.4) is 0 Å². The molecule has 0 aromatic heterocycles. The first-order valence-corrected chi connectivity index (χ1v) is 9.93. The predicted molar refractivity (Wildman–Crippen MR) is 109 cm³/mol. The van der Waals surface area contributed by atoms with Gasteiger partial charge in [0, 0.05) is 23.4 Å². The van der Waals surface area contributed by atoms with Crippen molar-refractivity contribution in [3.63, 3.8) is 0 Å². The van der Waals surface area contributed by atoms with Crippen molar-refractivity contribution in [2.24, 2.45) is 0 Å². The number of likely N-dealkylation sites (tertiary alicyclic amines) is 1. The summed E-state index contributed by atoms with van der Waals surface area (Å²) in [6.45, 7) is -0.295. The van der Waals surface area contributed by atoms with Crippen LogP contribution in [-0.4, -0.2) is 47.4 Å². The van der Waals surface area contributed by atoms with E-state index in [9.17, 15) is 22.8 Å². The number of aliphatic hydroxyl groups is 1. The smallest absolute Gasteiger partial charge is 0.405 e. The van der Waals surface area contributed by atoms with E-state index in [1.54, 1.807) is 6.07 Å². The SMILES string of the molecule is O=C(Nc1ccc(-c2ccccc2OC(F)(F)F)c(Cl)c1)C1CCCCN1C(=O)CO. The number of nitrogens with one attached hydrogen (secondary N) is 1. The van der Waals surface area contributed by atoms with Gasteiger partial charge in [-0.2, -0.15) is 0 Å². The maximum Gasteiger partial charge on any atom is 0.573 e. The number of nitrogens with zero attached hydrogens (tertiary/aromatic N) is 1. The van der Waals surface area contributed by atoms with E-state index in [0.717, 1.165) is 12.8 Å². The first-order chi connectivity index (χ1) is 14.7. The molecule has 2 N–H and O–H groups in total. The number of piperidine rings is 1. The second-order valence-electron chi connectivity index (χ2n) is 6.98. The van der Waals surface area contributed by atoms with Gasteiger partial charge >= 0.3 is 6.36 Å². The third-order valence-corrected chi connectivity index (χ3v) is 5.21. The van der Waals surface area contributed by atoms with Crippen LogP contribution in [0.2, 0.25) is 5.02 Å². The van der Waals surface area contributed by atoms with E-state index in [2.05, 4.69) is 10.1 Å². The molecule has 1 unspecified atom stereocenters. The zero-order valence-electron chi connectivity index (χ0n) is 16.3. The number of hydrogen-bond acceptors (Lipinski definition) is 4. The number of aliphatic hydroxyl groups excluding tert-OH is 1. The van der Waals surface area contributed by atoms with Crippen molar-refractivity contribution in [3.05, 3.63) is 47.5 Å². The highest BCUT2D eigenvalue weighted by atomic mass is 35.5. The quantitative estimate of drug-likeness (QED) is 0.706. The van der Waals surface area contributed by atoms with Gasteiger partial charge in [0.05, 0.1) is 5.02 Å². The van der Waals surface area contributed by atoms with E-state index >= 15 is 0 Å². The molecule has 1 atom stereocenters. The number of amides is 2. The highest BCUT2D eigenvalue weighted by Gasteiger charge is 2.33. The molecule has 0 bridgehead atoms. The first-order valence-electron chi connectivity index (χ1n) is 9.55. The molecule has 2 aromatic carbocycles. The highest BCUT2D eigenvalue weighted by Crippen LogP contribution is 2.38. The fourth-order valence-corrected chi connectivity index (χ4v) is 3.82. The Hall–Kier alpha value is -2.78. The summed E-state index contributed by atoms with van der Waals surface area (Å²) >= 11 is 6.29. The third-order valence-electron chi connectivity index (χ3n) is 4.90. The normalized spacial score (nSPS) is 16.7. The third kappa shape index (κ3) is 5.68. The van der Waals surface area contributed by atoms with E-state index in [0.29, 0.717) is 24.2 Å². The standard InChI is InChI=1S/C21H20ClF3N2O4/c22-16-11-13(26-20(30)17-6-3-4-10-27(17)19(29)12-28)8-9-14(16)15-5-1-2-7-18(15)31-21(23,24)25/h1-2,5,7-9,11,17,28H,3-4,6,10,12H2,(H,26,30). The summed E-state index contributed by atoms with van der Waals surface area (Å²) in [5.74, 6) is -1.34. The van der Waals surface area contributed by atoms with Gasteiger partial charge in [-0.1, -0.05) is 35.9 Å². The topological polar surface area (TPSA) is 78.9 Å². The number of para-hydroxylation sites is 1. The lowest BCUT2D eigenvalue weighted by Gasteiger charge is -2.34. The van der Waals surface area contributed by atoms with Gasteiger partial charge in [0.1, 0.15) is 18.4 Å². The average Bonchev–Trinajstić information content (AvgIpc) is 2.73. The molecule has 31 heavy (non-hydrogen) atoms. The van der Waals surface area contributed by atoms with Crippen LogP contribution in [0, 0.1) is 0 Å². The van der Waals surface area contributed by atoms with Gasteiger partial charge in [-0.05, 0) is 37.5 Å². The number of rotatable bonds is 5. The Balaban J connectivity index is 1.80. The molecule has 1 heterocycles. The van der Waals surface area contributed by atoms with Crippen LogP contribution in [0.25, 0.3) is 11.1 Å². The van der Waals surface area contributed by atoms with Crippen molar-refractivity contribution < 1.29 is 32.6 Å². The Bertz CT molecular complexity index is 968. The zero-order valence-corrected chi connectivity index (χ0v) is 17.0. The molecule has 0 spiro atoms. The lowest BCUT2D eigenvalue weighted by atomic mass is 10.0. The molecule has 6 nitrogen and oxygen atoms in total. The minimum absolute atomic E-state index is 0.114. The van der Waals surface area contributed by atoms with Crippen molar-refractivity contribution in [2.75, 3.05) is 18.5 Å². The second kappa shape index (κ2) is 9.57. The summed E-state index contributed by atoms with van der Waals surface area (Å²) in [7, 11) is 0. The molecule has 1 saturated heterocycles. The van der Waals surface area contributed by atoms with Crippen molar-refractivity contribution in [3.8, 4) is 16.9 Å². The van der Waals surface area contributed by atoms with Crippen molar-refractivity contribution >= 4 is 29.1 Å². The molecule has 2 aromatic rings. The minimum atomic E-state index is -4.85. The molecule has 0 aliphatic carbocycles. The van der Waals surface area contributed by atoms with Gasteiger partial charge in [0.15, 0.2) is 0 Å². The van der Waals surface area contributed by atoms with Gasteiger partial charge in [-0.15, -0.1) is 13.2 Å². The van der Waals surface area contributed by atoms with Crippen molar-refractivity contribution in [1.82, 2.24) is 4.90 Å². The molecule has 1 aliphatic rings. The van der Waals surface area contributed by atoms with E-state index < -0.39 is 36.6 Å². The largest absolute Gasteiger partial charge is 0.573 e. The van der Waals surface area contributed by atoms with Crippen molar-refractivity contribution in [1.29, 1.82) is 0 Å². The van der Waals surface area contributed by atoms with Gasteiger partial charge in [-0.3, -0.25) is 9.59 Å². The molecule has 0 saturated carbocycles. The Labute approximate surface area is 181 Å². The molecular formula is C21H20ClF3N2O4. The average molecular weight is 457 g/mol. The molecule has 166 valence electrons. The Morgan fingerprint density at radius 1 is 1.16 bits per heavy atom. The van der Waals surface area contributed by atoms with Gasteiger partial charge in [-0.25, -0.2) is 0 Å². The van der Waals surface area contributed by atoms with E-state index in [1.807, 2.05) is 0 Å². The fourth-order valence-electron chi connectivity index (χ4n) is 3.53. The van der Waals surface area contributed by atoms with Crippen LogP contribution in [0.4, 0.5) is 18.9 Å². The Morgan fingerprint density at radius 3 is 2.58 bits per heavy atom. The predicted octanol–water partition coefficient (Wildman–Crippen LogP) is 4.22. The van der Waals surface area contributed by atoms with E-state index in [4.69, 9.17) is 16.7 Å². The molecule has 1 fully saturated rings. The van der Waals surface area contributed by atoms with E-state index in [1.165, 1.54) is 41.3 Å². The molecule has 3 rings (SSSR count). The van der Waals surface area contributed by atoms with Crippen LogP contribution < -0.4 is 10.1 Å². The number of carbonyl (C=O) groups is 2. The molecule has 2 amide bonds. The lowest BCUT2D eigenvalue weighted by Crippen LogP contribution is -2.50. The van der Waals surface area contributed by atoms with E-state index in [-0.39, 0.29) is 10.6 Å². The minimum Gasteiger partial charge on any atom is -0.405 e. The molecule has 10 heteroatoms. The summed E-state index contributed by atoms with van der Waals surface area (Å²) in [4.78, 5) is 26.0. The van der Waals surface area contributed by atoms with Crippen LogP contribution in [0.1, 0.15) is 19.3 Å². The Kier molecular flexibility index (Phi) is 7.07. The first kappa shape index (κ1) is 22.9. The number of ether oxygens (including phenoxy) is 1. The fraction of sp³-hybridized carbons (Fsp3) is 0.333. The number of carbonyl (C=O) groups excluding carboxylic acids is 2. The van der Waals surface area contributed by atoms with Crippen LogP contribution in [-0.2, 0) is 9.59 Å². The number of halogens is 4. The van der Waals surface area contributed by atoms with Crippen molar-refractivity contribution in [2.45, 2.75) is 31.7 Å². The number of hydrogen-bond donors (Lipinski definition) is 2. The van der Waals surface area contributed by atoms with Gasteiger partial charge in [0.2, 0.25) is 11.8 Å². The molecule has 1 aliphatic heterocycles. The number of anilines is 1. The maximum atomic E-state index is 12.7. The monoisotopic (exact) mass is 456 g/mol. The molecular weight excluding hydrogens is 437 g/mol. The Morgan fingerprint density at radius 2 is 1.90 bits per heavy atom. The number of alkyl halides is 3. The summed E-state index contributed by atoms with van der Waals surface area (Å²) in [5, 5.41) is 11.9. The van der Waals surface area contributed by atoms with Crippen LogP contribution in [0.5, 0.6) is 5.75 Å².